The summed E-state index contributed by atoms with van der Waals surface area (Å²) in [4.78, 5) is 2.41. The van der Waals surface area contributed by atoms with Crippen molar-refractivity contribution < 1.29 is 24.1 Å². The van der Waals surface area contributed by atoms with E-state index in [1.807, 2.05) is 30.3 Å². The first-order valence-electron chi connectivity index (χ1n) is 10.7. The van der Waals surface area contributed by atoms with Gasteiger partial charge in [0.25, 0.3) is 0 Å². The van der Waals surface area contributed by atoms with Crippen LogP contribution in [0.2, 0.25) is 0 Å². The fourth-order valence-electron chi connectivity index (χ4n) is 5.05. The molecule has 2 heterocycles. The number of methoxy groups -OCH3 is 1. The van der Waals surface area contributed by atoms with Crippen molar-refractivity contribution in [2.45, 2.75) is 31.6 Å². The van der Waals surface area contributed by atoms with E-state index in [0.29, 0.717) is 28.9 Å². The molecule has 0 radical (unpaired) electrons. The molecule has 162 valence electrons. The second-order valence-corrected chi connectivity index (χ2v) is 8.56. The maximum Gasteiger partial charge on any atom is 0.231 e. The van der Waals surface area contributed by atoms with Crippen molar-refractivity contribution in [2.24, 2.45) is 11.8 Å². The Hall–Kier alpha value is -2.95. The van der Waals surface area contributed by atoms with Crippen molar-refractivity contribution in [1.29, 1.82) is 5.26 Å². The van der Waals surface area contributed by atoms with Crippen molar-refractivity contribution in [3.8, 4) is 29.1 Å². The standard InChI is InChI=1S/C24H26N2O5/c1-28-22-6-15(10-25)2-3-16(22)11-26-12-17-7-20(27)23(8-18(17)13-26)31-19-4-5-21-24(9-19)30-14-29-21/h2-6,9,17-18,20,23,27H,7-8,11-14H2,1H3/t17-,18+,20+,23+/m0/s1. The number of aliphatic hydroxyl groups excluding tert-OH is 1. The van der Waals surface area contributed by atoms with Crippen LogP contribution in [0, 0.1) is 23.2 Å². The van der Waals surface area contributed by atoms with Gasteiger partial charge in [0, 0.05) is 31.3 Å². The molecule has 7 nitrogen and oxygen atoms in total. The molecule has 31 heavy (non-hydrogen) atoms. The summed E-state index contributed by atoms with van der Waals surface area (Å²) in [5, 5.41) is 19.8. The minimum absolute atomic E-state index is 0.231. The zero-order chi connectivity index (χ0) is 21.4. The molecule has 1 N–H and O–H groups in total. The molecule has 1 aliphatic carbocycles. The van der Waals surface area contributed by atoms with E-state index in [1.54, 1.807) is 13.2 Å². The third-order valence-corrected chi connectivity index (χ3v) is 6.60. The van der Waals surface area contributed by atoms with Crippen LogP contribution < -0.4 is 18.9 Å². The average molecular weight is 422 g/mol. The van der Waals surface area contributed by atoms with Crippen molar-refractivity contribution in [3.63, 3.8) is 0 Å². The van der Waals surface area contributed by atoms with Crippen molar-refractivity contribution in [3.05, 3.63) is 47.5 Å². The van der Waals surface area contributed by atoms with Crippen molar-refractivity contribution in [1.82, 2.24) is 4.90 Å². The van der Waals surface area contributed by atoms with Gasteiger partial charge < -0.3 is 24.1 Å². The number of aliphatic hydroxyl groups is 1. The van der Waals surface area contributed by atoms with Gasteiger partial charge in [-0.2, -0.15) is 5.26 Å². The van der Waals surface area contributed by atoms with Crippen LogP contribution in [0.1, 0.15) is 24.0 Å². The Morgan fingerprint density at radius 2 is 1.90 bits per heavy atom. The Labute approximate surface area is 181 Å². The van der Waals surface area contributed by atoms with Crippen LogP contribution in [0.25, 0.3) is 0 Å². The zero-order valence-corrected chi connectivity index (χ0v) is 17.5. The van der Waals surface area contributed by atoms with Crippen LogP contribution in [0.3, 0.4) is 0 Å². The molecular weight excluding hydrogens is 396 g/mol. The number of likely N-dealkylation sites (tertiary alicyclic amines) is 1. The van der Waals surface area contributed by atoms with Crippen LogP contribution >= 0.6 is 0 Å². The highest BCUT2D eigenvalue weighted by Gasteiger charge is 2.42. The summed E-state index contributed by atoms with van der Waals surface area (Å²) in [6.07, 6.45) is 0.837. The summed E-state index contributed by atoms with van der Waals surface area (Å²) < 4.78 is 22.4. The number of fused-ring (bicyclic) bond motifs is 2. The molecule has 2 aromatic rings. The molecule has 3 aliphatic rings. The first kappa shape index (κ1) is 20.0. The highest BCUT2D eigenvalue weighted by atomic mass is 16.7. The van der Waals surface area contributed by atoms with Gasteiger partial charge in [-0.3, -0.25) is 4.90 Å². The third-order valence-electron chi connectivity index (χ3n) is 6.60. The highest BCUT2D eigenvalue weighted by molar-refractivity contribution is 5.47. The van der Waals surface area contributed by atoms with Gasteiger partial charge in [-0.05, 0) is 48.9 Å². The third kappa shape index (κ3) is 4.01. The number of nitriles is 1. The molecule has 0 amide bonds. The van der Waals surface area contributed by atoms with E-state index in [0.717, 1.165) is 49.5 Å². The normalized spacial score (nSPS) is 26.9. The van der Waals surface area contributed by atoms with Gasteiger partial charge in [0.05, 0.1) is 24.8 Å². The Morgan fingerprint density at radius 1 is 1.10 bits per heavy atom. The fraction of sp³-hybridized carbons (Fsp3) is 0.458. The van der Waals surface area contributed by atoms with E-state index in [9.17, 15) is 5.11 Å². The number of hydrogen-bond donors (Lipinski definition) is 1. The van der Waals surface area contributed by atoms with E-state index >= 15 is 0 Å². The summed E-state index contributed by atoms with van der Waals surface area (Å²) in [7, 11) is 1.64. The molecular formula is C24H26N2O5. The monoisotopic (exact) mass is 422 g/mol. The van der Waals surface area contributed by atoms with Crippen LogP contribution in [0.15, 0.2) is 36.4 Å². The lowest BCUT2D eigenvalue weighted by atomic mass is 9.78. The summed E-state index contributed by atoms with van der Waals surface area (Å²) in [6.45, 7) is 2.91. The molecule has 2 aliphatic heterocycles. The second kappa shape index (κ2) is 8.29. The van der Waals surface area contributed by atoms with E-state index in [2.05, 4.69) is 11.0 Å². The molecule has 5 rings (SSSR count). The van der Waals surface area contributed by atoms with Gasteiger partial charge >= 0.3 is 0 Å². The van der Waals surface area contributed by atoms with Gasteiger partial charge in [0.15, 0.2) is 11.5 Å². The molecule has 0 spiro atoms. The van der Waals surface area contributed by atoms with Crippen LogP contribution in [0.4, 0.5) is 0 Å². The Morgan fingerprint density at radius 3 is 2.71 bits per heavy atom. The lowest BCUT2D eigenvalue weighted by Gasteiger charge is -2.35. The van der Waals surface area contributed by atoms with Crippen LogP contribution in [0.5, 0.6) is 23.0 Å². The topological polar surface area (TPSA) is 84.2 Å². The van der Waals surface area contributed by atoms with Gasteiger partial charge in [0.1, 0.15) is 17.6 Å². The molecule has 1 saturated heterocycles. The predicted octanol–water partition coefficient (Wildman–Crippen LogP) is 2.95. The van der Waals surface area contributed by atoms with E-state index < -0.39 is 6.10 Å². The highest BCUT2D eigenvalue weighted by Crippen LogP contribution is 2.40. The number of hydrogen-bond acceptors (Lipinski definition) is 7. The van der Waals surface area contributed by atoms with Gasteiger partial charge in [-0.15, -0.1) is 0 Å². The number of rotatable bonds is 5. The lowest BCUT2D eigenvalue weighted by Crippen LogP contribution is -2.42. The summed E-state index contributed by atoms with van der Waals surface area (Å²) in [6, 6.07) is 13.3. The first-order chi connectivity index (χ1) is 15.1. The zero-order valence-electron chi connectivity index (χ0n) is 17.5. The maximum absolute atomic E-state index is 10.7. The fourth-order valence-corrected chi connectivity index (χ4v) is 5.05. The minimum atomic E-state index is -0.490. The molecule has 0 aromatic heterocycles. The average Bonchev–Trinajstić information content (AvgIpc) is 3.40. The summed E-state index contributed by atoms with van der Waals surface area (Å²) in [5.41, 5.74) is 1.68. The predicted molar refractivity (Wildman–Crippen MR) is 112 cm³/mol. The van der Waals surface area contributed by atoms with Gasteiger partial charge in [-0.25, -0.2) is 0 Å². The Balaban J connectivity index is 1.23. The van der Waals surface area contributed by atoms with Gasteiger partial charge in [0.2, 0.25) is 6.79 Å². The largest absolute Gasteiger partial charge is 0.496 e. The number of ether oxygens (including phenoxy) is 4. The molecule has 7 heteroatoms. The number of nitrogens with zero attached hydrogens (tertiary/aromatic N) is 2. The van der Waals surface area contributed by atoms with Crippen molar-refractivity contribution >= 4 is 0 Å². The van der Waals surface area contributed by atoms with Crippen LogP contribution in [-0.2, 0) is 6.54 Å². The minimum Gasteiger partial charge on any atom is -0.496 e. The molecule has 0 unspecified atom stereocenters. The summed E-state index contributed by atoms with van der Waals surface area (Å²) in [5.74, 6) is 3.79. The van der Waals surface area contributed by atoms with Crippen LogP contribution in [-0.4, -0.2) is 49.2 Å². The maximum atomic E-state index is 10.7. The smallest absolute Gasteiger partial charge is 0.231 e. The Bertz CT molecular complexity index is 1000. The quantitative estimate of drug-likeness (QED) is 0.793. The SMILES string of the molecule is COc1cc(C#N)ccc1CN1C[C@H]2C[C@@H](Oc3ccc4c(c3)OCO4)[C@H](O)C[C@H]2C1. The molecule has 0 bridgehead atoms. The van der Waals surface area contributed by atoms with E-state index in [-0.39, 0.29) is 12.9 Å². The summed E-state index contributed by atoms with van der Waals surface area (Å²) >= 11 is 0. The Kier molecular flexibility index (Phi) is 5.34. The molecule has 2 fully saturated rings. The molecule has 2 aromatic carbocycles. The molecule has 4 atom stereocenters. The number of benzene rings is 2. The van der Waals surface area contributed by atoms with E-state index in [1.165, 1.54) is 0 Å². The first-order valence-corrected chi connectivity index (χ1v) is 10.7. The van der Waals surface area contributed by atoms with Gasteiger partial charge in [-0.1, -0.05) is 6.07 Å². The molecule has 1 saturated carbocycles. The lowest BCUT2D eigenvalue weighted by molar-refractivity contribution is -0.0232. The second-order valence-electron chi connectivity index (χ2n) is 8.56. The van der Waals surface area contributed by atoms with Crippen molar-refractivity contribution in [2.75, 3.05) is 27.0 Å². The van der Waals surface area contributed by atoms with E-state index in [4.69, 9.17) is 24.2 Å².